The van der Waals surface area contributed by atoms with E-state index in [1.807, 2.05) is 12.1 Å². The normalized spacial score (nSPS) is 16.4. The van der Waals surface area contributed by atoms with Crippen molar-refractivity contribution in [1.29, 1.82) is 0 Å². The first-order valence-electron chi connectivity index (χ1n) is 5.78. The lowest BCUT2D eigenvalue weighted by Crippen LogP contribution is -2.40. The topological polar surface area (TPSA) is 57.6 Å². The predicted molar refractivity (Wildman–Crippen MR) is 63.6 cm³/mol. The number of imide groups is 1. The van der Waals surface area contributed by atoms with E-state index in [2.05, 4.69) is 0 Å². The first kappa shape index (κ1) is 11.8. The predicted octanol–water partition coefficient (Wildman–Crippen LogP) is 1.26. The first-order valence-corrected chi connectivity index (χ1v) is 5.78. The molecular formula is C13H15NO3. The van der Waals surface area contributed by atoms with Crippen LogP contribution in [0, 0.1) is 0 Å². The van der Waals surface area contributed by atoms with Crippen LogP contribution in [-0.2, 0) is 16.0 Å². The van der Waals surface area contributed by atoms with Crippen molar-refractivity contribution < 1.29 is 14.7 Å². The molecule has 0 bridgehead atoms. The third-order valence-corrected chi connectivity index (χ3v) is 2.88. The van der Waals surface area contributed by atoms with Crippen molar-refractivity contribution in [2.45, 2.75) is 25.7 Å². The van der Waals surface area contributed by atoms with E-state index in [-0.39, 0.29) is 18.4 Å². The molecule has 1 saturated heterocycles. The molecule has 1 aromatic carbocycles. The standard InChI is InChI=1S/C13H15NO3/c15-9-8-10-4-6-11(7-5-10)14-12(16)2-1-3-13(14)17/h4-7,15H,1-3,8-9H2. The van der Waals surface area contributed by atoms with Crippen molar-refractivity contribution in [1.82, 2.24) is 0 Å². The van der Waals surface area contributed by atoms with Crippen molar-refractivity contribution >= 4 is 17.5 Å². The van der Waals surface area contributed by atoms with Crippen LogP contribution in [0.5, 0.6) is 0 Å². The summed E-state index contributed by atoms with van der Waals surface area (Å²) in [5.74, 6) is -0.257. The summed E-state index contributed by atoms with van der Waals surface area (Å²) in [4.78, 5) is 24.6. The van der Waals surface area contributed by atoms with Crippen molar-refractivity contribution in [3.05, 3.63) is 29.8 Å². The van der Waals surface area contributed by atoms with Gasteiger partial charge in [-0.05, 0) is 30.5 Å². The van der Waals surface area contributed by atoms with Crippen molar-refractivity contribution in [2.24, 2.45) is 0 Å². The minimum Gasteiger partial charge on any atom is -0.396 e. The molecule has 17 heavy (non-hydrogen) atoms. The molecule has 4 heteroatoms. The molecule has 0 aromatic heterocycles. The zero-order valence-electron chi connectivity index (χ0n) is 9.56. The number of amides is 2. The summed E-state index contributed by atoms with van der Waals surface area (Å²) in [6.07, 6.45) is 2.10. The fourth-order valence-electron chi connectivity index (χ4n) is 1.98. The average Bonchev–Trinajstić information content (AvgIpc) is 2.31. The quantitative estimate of drug-likeness (QED) is 0.800. The van der Waals surface area contributed by atoms with Gasteiger partial charge in [-0.25, -0.2) is 0 Å². The van der Waals surface area contributed by atoms with E-state index in [4.69, 9.17) is 5.11 Å². The highest BCUT2D eigenvalue weighted by atomic mass is 16.3. The van der Waals surface area contributed by atoms with Crippen molar-refractivity contribution in [3.63, 3.8) is 0 Å². The summed E-state index contributed by atoms with van der Waals surface area (Å²) in [7, 11) is 0. The van der Waals surface area contributed by atoms with Gasteiger partial charge in [0.1, 0.15) is 0 Å². The molecule has 4 nitrogen and oxygen atoms in total. The highest BCUT2D eigenvalue weighted by Crippen LogP contribution is 2.22. The monoisotopic (exact) mass is 233 g/mol. The smallest absolute Gasteiger partial charge is 0.233 e. The van der Waals surface area contributed by atoms with Gasteiger partial charge in [-0.3, -0.25) is 14.5 Å². The van der Waals surface area contributed by atoms with Gasteiger partial charge in [0, 0.05) is 19.4 Å². The molecule has 0 saturated carbocycles. The molecule has 0 unspecified atom stereocenters. The largest absolute Gasteiger partial charge is 0.396 e. The summed E-state index contributed by atoms with van der Waals surface area (Å²) in [5, 5.41) is 8.80. The highest BCUT2D eigenvalue weighted by Gasteiger charge is 2.26. The van der Waals surface area contributed by atoms with E-state index in [1.54, 1.807) is 12.1 Å². The van der Waals surface area contributed by atoms with Crippen molar-refractivity contribution in [3.8, 4) is 0 Å². The molecule has 0 aliphatic carbocycles. The van der Waals surface area contributed by atoms with Crippen LogP contribution in [-0.4, -0.2) is 23.5 Å². The number of nitrogens with zero attached hydrogens (tertiary/aromatic N) is 1. The van der Waals surface area contributed by atoms with Gasteiger partial charge in [0.15, 0.2) is 0 Å². The number of hydrogen-bond donors (Lipinski definition) is 1. The molecule has 90 valence electrons. The zero-order chi connectivity index (χ0) is 12.3. The van der Waals surface area contributed by atoms with Crippen LogP contribution in [0.2, 0.25) is 0 Å². The number of carbonyl (C=O) groups is 2. The molecule has 1 fully saturated rings. The van der Waals surface area contributed by atoms with Gasteiger partial charge >= 0.3 is 0 Å². The Labute approximate surface area is 99.9 Å². The van der Waals surface area contributed by atoms with E-state index < -0.39 is 0 Å². The number of aliphatic hydroxyl groups excluding tert-OH is 1. The Morgan fingerprint density at radius 2 is 1.65 bits per heavy atom. The molecule has 1 aliphatic heterocycles. The van der Waals surface area contributed by atoms with E-state index in [0.717, 1.165) is 5.56 Å². The molecule has 1 aliphatic rings. The van der Waals surface area contributed by atoms with Gasteiger partial charge in [-0.15, -0.1) is 0 Å². The molecule has 1 heterocycles. The third-order valence-electron chi connectivity index (χ3n) is 2.88. The Morgan fingerprint density at radius 1 is 1.06 bits per heavy atom. The summed E-state index contributed by atoms with van der Waals surface area (Å²) in [5.41, 5.74) is 1.62. The molecule has 0 spiro atoms. The number of benzene rings is 1. The number of aliphatic hydroxyl groups is 1. The number of piperidine rings is 1. The lowest BCUT2D eigenvalue weighted by atomic mass is 10.1. The van der Waals surface area contributed by atoms with Gasteiger partial charge in [0.2, 0.25) is 11.8 Å². The maximum absolute atomic E-state index is 11.7. The van der Waals surface area contributed by atoms with Gasteiger partial charge < -0.3 is 5.11 Å². The van der Waals surface area contributed by atoms with Crippen LogP contribution in [0.15, 0.2) is 24.3 Å². The molecule has 2 amide bonds. The second-order valence-corrected chi connectivity index (χ2v) is 4.12. The maximum atomic E-state index is 11.7. The van der Waals surface area contributed by atoms with E-state index in [9.17, 15) is 9.59 Å². The second-order valence-electron chi connectivity index (χ2n) is 4.12. The Kier molecular flexibility index (Phi) is 3.54. The minimum absolute atomic E-state index is 0.0981. The number of hydrogen-bond acceptors (Lipinski definition) is 3. The summed E-state index contributed by atoms with van der Waals surface area (Å²) in [6.45, 7) is 0.0981. The summed E-state index contributed by atoms with van der Waals surface area (Å²) >= 11 is 0. The van der Waals surface area contributed by atoms with Crippen LogP contribution >= 0.6 is 0 Å². The molecule has 0 atom stereocenters. The minimum atomic E-state index is -0.129. The SMILES string of the molecule is O=C1CCCC(=O)N1c1ccc(CCO)cc1. The van der Waals surface area contributed by atoms with E-state index in [0.29, 0.717) is 31.4 Å². The van der Waals surface area contributed by atoms with Gasteiger partial charge in [0.25, 0.3) is 0 Å². The zero-order valence-corrected chi connectivity index (χ0v) is 9.56. The Bertz CT molecular complexity index is 409. The lowest BCUT2D eigenvalue weighted by molar-refractivity contribution is -0.129. The Hall–Kier alpha value is -1.68. The fraction of sp³-hybridized carbons (Fsp3) is 0.385. The van der Waals surface area contributed by atoms with Gasteiger partial charge in [0.05, 0.1) is 5.69 Å². The fourth-order valence-corrected chi connectivity index (χ4v) is 1.98. The van der Waals surface area contributed by atoms with E-state index >= 15 is 0 Å². The van der Waals surface area contributed by atoms with Crippen LogP contribution in [0.25, 0.3) is 0 Å². The maximum Gasteiger partial charge on any atom is 0.233 e. The Morgan fingerprint density at radius 3 is 2.18 bits per heavy atom. The van der Waals surface area contributed by atoms with Crippen LogP contribution in [0.4, 0.5) is 5.69 Å². The first-order chi connectivity index (χ1) is 8.22. The number of rotatable bonds is 3. The lowest BCUT2D eigenvalue weighted by Gasteiger charge is -2.24. The summed E-state index contributed by atoms with van der Waals surface area (Å²) < 4.78 is 0. The van der Waals surface area contributed by atoms with Gasteiger partial charge in [-0.2, -0.15) is 0 Å². The molecule has 0 radical (unpaired) electrons. The molecule has 1 aromatic rings. The van der Waals surface area contributed by atoms with E-state index in [1.165, 1.54) is 4.90 Å². The van der Waals surface area contributed by atoms with Gasteiger partial charge in [-0.1, -0.05) is 12.1 Å². The average molecular weight is 233 g/mol. The molecular weight excluding hydrogens is 218 g/mol. The number of anilines is 1. The van der Waals surface area contributed by atoms with Crippen LogP contribution in [0.1, 0.15) is 24.8 Å². The molecule has 1 N–H and O–H groups in total. The van der Waals surface area contributed by atoms with Crippen molar-refractivity contribution in [2.75, 3.05) is 11.5 Å². The second kappa shape index (κ2) is 5.10. The Balaban J connectivity index is 2.20. The highest BCUT2D eigenvalue weighted by molar-refractivity contribution is 6.16. The number of carbonyl (C=O) groups excluding carboxylic acids is 2. The van der Waals surface area contributed by atoms with Crippen LogP contribution < -0.4 is 4.90 Å². The summed E-state index contributed by atoms with van der Waals surface area (Å²) in [6, 6.07) is 7.18. The molecule has 2 rings (SSSR count). The third kappa shape index (κ3) is 2.53. The van der Waals surface area contributed by atoms with Crippen LogP contribution in [0.3, 0.4) is 0 Å².